The number of rotatable bonds is 6. The molecule has 1 aromatic heterocycles. The summed E-state index contributed by atoms with van der Waals surface area (Å²) >= 11 is 0. The van der Waals surface area contributed by atoms with Crippen molar-refractivity contribution in [3.63, 3.8) is 0 Å². The first-order valence-electron chi connectivity index (χ1n) is 5.48. The molecule has 0 aliphatic rings. The largest absolute Gasteiger partial charge is 0.396 e. The minimum atomic E-state index is -0.377. The van der Waals surface area contributed by atoms with E-state index in [0.717, 1.165) is 0 Å². The zero-order chi connectivity index (χ0) is 12.8. The number of hydrogen-bond acceptors (Lipinski definition) is 5. The standard InChI is InChI=1S/C10H18N4O3/c1-2-14-7-8(11)9(12-14)10(17)13(3-5-15)4-6-16/h7,15-16H,2-6,11H2,1H3. The molecule has 0 saturated heterocycles. The van der Waals surface area contributed by atoms with Crippen molar-refractivity contribution in [3.05, 3.63) is 11.9 Å². The number of nitrogens with two attached hydrogens (primary N) is 1. The maximum Gasteiger partial charge on any atom is 0.276 e. The third-order valence-corrected chi connectivity index (χ3v) is 2.34. The van der Waals surface area contributed by atoms with Gasteiger partial charge in [-0.2, -0.15) is 5.10 Å². The predicted octanol–water partition coefficient (Wildman–Crippen LogP) is -1.09. The van der Waals surface area contributed by atoms with Gasteiger partial charge in [-0.15, -0.1) is 0 Å². The number of carbonyl (C=O) groups is 1. The molecule has 7 heteroatoms. The fourth-order valence-corrected chi connectivity index (χ4v) is 1.47. The zero-order valence-electron chi connectivity index (χ0n) is 9.83. The molecule has 4 N–H and O–H groups in total. The van der Waals surface area contributed by atoms with Gasteiger partial charge in [-0.3, -0.25) is 9.48 Å². The minimum absolute atomic E-state index is 0.151. The van der Waals surface area contributed by atoms with Crippen molar-refractivity contribution < 1.29 is 15.0 Å². The molecule has 0 aliphatic carbocycles. The number of aryl methyl sites for hydroxylation is 1. The molecule has 0 aromatic carbocycles. The number of nitrogens with zero attached hydrogens (tertiary/aromatic N) is 3. The Balaban J connectivity index is 2.87. The van der Waals surface area contributed by atoms with E-state index in [9.17, 15) is 4.79 Å². The van der Waals surface area contributed by atoms with Gasteiger partial charge in [0.05, 0.1) is 18.9 Å². The molecule has 0 spiro atoms. The first-order valence-corrected chi connectivity index (χ1v) is 5.48. The third kappa shape index (κ3) is 3.18. The fraction of sp³-hybridized carbons (Fsp3) is 0.600. The lowest BCUT2D eigenvalue weighted by Gasteiger charge is -2.19. The van der Waals surface area contributed by atoms with E-state index in [2.05, 4.69) is 5.10 Å². The highest BCUT2D eigenvalue weighted by Gasteiger charge is 2.20. The Morgan fingerprint density at radius 2 is 2.06 bits per heavy atom. The molecule has 0 unspecified atom stereocenters. The first kappa shape index (κ1) is 13.5. The number of nitrogen functional groups attached to an aromatic ring is 1. The van der Waals surface area contributed by atoms with Crippen LogP contribution in [-0.4, -0.2) is 57.1 Å². The average Bonchev–Trinajstić information content (AvgIpc) is 2.69. The van der Waals surface area contributed by atoms with Crippen molar-refractivity contribution in [3.8, 4) is 0 Å². The summed E-state index contributed by atoms with van der Waals surface area (Å²) in [5, 5.41) is 21.7. The molecule has 0 radical (unpaired) electrons. The van der Waals surface area contributed by atoms with E-state index in [1.54, 1.807) is 10.9 Å². The van der Waals surface area contributed by atoms with Crippen LogP contribution in [0.2, 0.25) is 0 Å². The molecule has 1 heterocycles. The summed E-state index contributed by atoms with van der Waals surface area (Å²) < 4.78 is 1.57. The van der Waals surface area contributed by atoms with Crippen LogP contribution in [0.1, 0.15) is 17.4 Å². The molecular weight excluding hydrogens is 224 g/mol. The van der Waals surface area contributed by atoms with Gasteiger partial charge in [0, 0.05) is 25.8 Å². The number of aromatic nitrogens is 2. The summed E-state index contributed by atoms with van der Waals surface area (Å²) in [6.07, 6.45) is 1.59. The van der Waals surface area contributed by atoms with E-state index in [4.69, 9.17) is 15.9 Å². The van der Waals surface area contributed by atoms with Crippen LogP contribution in [-0.2, 0) is 6.54 Å². The van der Waals surface area contributed by atoms with E-state index >= 15 is 0 Å². The average molecular weight is 242 g/mol. The van der Waals surface area contributed by atoms with Gasteiger partial charge in [-0.1, -0.05) is 0 Å². The molecule has 0 aliphatic heterocycles. The molecule has 0 saturated carbocycles. The van der Waals surface area contributed by atoms with Crippen LogP contribution in [0, 0.1) is 0 Å². The highest BCUT2D eigenvalue weighted by molar-refractivity contribution is 5.97. The number of amides is 1. The molecule has 1 amide bonds. The Morgan fingerprint density at radius 1 is 1.47 bits per heavy atom. The van der Waals surface area contributed by atoms with Gasteiger partial charge < -0.3 is 20.8 Å². The first-order chi connectivity index (χ1) is 8.13. The van der Waals surface area contributed by atoms with Crippen molar-refractivity contribution in [1.29, 1.82) is 0 Å². The van der Waals surface area contributed by atoms with Gasteiger partial charge in [-0.25, -0.2) is 0 Å². The lowest BCUT2D eigenvalue weighted by Crippen LogP contribution is -2.36. The molecule has 17 heavy (non-hydrogen) atoms. The minimum Gasteiger partial charge on any atom is -0.396 e. The number of anilines is 1. The summed E-state index contributed by atoms with van der Waals surface area (Å²) in [4.78, 5) is 13.3. The molecule has 96 valence electrons. The topological polar surface area (TPSA) is 105 Å². The van der Waals surface area contributed by atoms with Crippen LogP contribution in [0.25, 0.3) is 0 Å². The number of hydrogen-bond donors (Lipinski definition) is 3. The predicted molar refractivity (Wildman–Crippen MR) is 62.4 cm³/mol. The van der Waals surface area contributed by atoms with E-state index in [0.29, 0.717) is 12.2 Å². The Morgan fingerprint density at radius 3 is 2.47 bits per heavy atom. The van der Waals surface area contributed by atoms with Crippen molar-refractivity contribution in [2.75, 3.05) is 32.0 Å². The van der Waals surface area contributed by atoms with Crippen molar-refractivity contribution in [1.82, 2.24) is 14.7 Å². The molecule has 1 aromatic rings. The van der Waals surface area contributed by atoms with Crippen molar-refractivity contribution in [2.45, 2.75) is 13.5 Å². The SMILES string of the molecule is CCn1cc(N)c(C(=O)N(CCO)CCO)n1. The molecule has 0 fully saturated rings. The lowest BCUT2D eigenvalue weighted by atomic mass is 10.3. The van der Waals surface area contributed by atoms with Crippen LogP contribution in [0.15, 0.2) is 6.20 Å². The van der Waals surface area contributed by atoms with Gasteiger partial charge in [-0.05, 0) is 6.92 Å². The van der Waals surface area contributed by atoms with E-state index in [1.807, 2.05) is 6.92 Å². The van der Waals surface area contributed by atoms with E-state index in [-0.39, 0.29) is 37.9 Å². The fourth-order valence-electron chi connectivity index (χ4n) is 1.47. The smallest absolute Gasteiger partial charge is 0.276 e. The highest BCUT2D eigenvalue weighted by atomic mass is 16.3. The number of aliphatic hydroxyl groups is 2. The third-order valence-electron chi connectivity index (χ3n) is 2.34. The Labute approximate surface area is 99.4 Å². The van der Waals surface area contributed by atoms with Crippen LogP contribution in [0.3, 0.4) is 0 Å². The Bertz CT molecular complexity index is 372. The lowest BCUT2D eigenvalue weighted by molar-refractivity contribution is 0.0679. The van der Waals surface area contributed by atoms with Crippen LogP contribution in [0.4, 0.5) is 5.69 Å². The Hall–Kier alpha value is -1.60. The van der Waals surface area contributed by atoms with Crippen LogP contribution >= 0.6 is 0 Å². The molecule has 0 atom stereocenters. The summed E-state index contributed by atoms with van der Waals surface area (Å²) in [5.74, 6) is -0.377. The maximum atomic E-state index is 12.0. The van der Waals surface area contributed by atoms with Gasteiger partial charge >= 0.3 is 0 Å². The van der Waals surface area contributed by atoms with Crippen LogP contribution < -0.4 is 5.73 Å². The summed E-state index contributed by atoms with van der Waals surface area (Å²) in [5.41, 5.74) is 6.16. The van der Waals surface area contributed by atoms with Gasteiger partial charge in [0.1, 0.15) is 0 Å². The summed E-state index contributed by atoms with van der Waals surface area (Å²) in [7, 11) is 0. The quantitative estimate of drug-likeness (QED) is 0.588. The maximum absolute atomic E-state index is 12.0. The monoisotopic (exact) mass is 242 g/mol. The molecule has 7 nitrogen and oxygen atoms in total. The summed E-state index contributed by atoms with van der Waals surface area (Å²) in [6.45, 7) is 2.48. The normalized spacial score (nSPS) is 10.5. The second kappa shape index (κ2) is 6.21. The summed E-state index contributed by atoms with van der Waals surface area (Å²) in [6, 6.07) is 0. The second-order valence-electron chi connectivity index (χ2n) is 3.53. The van der Waals surface area contributed by atoms with Gasteiger partial charge in [0.2, 0.25) is 0 Å². The zero-order valence-corrected chi connectivity index (χ0v) is 9.83. The van der Waals surface area contributed by atoms with Crippen molar-refractivity contribution in [2.24, 2.45) is 0 Å². The van der Waals surface area contributed by atoms with E-state index in [1.165, 1.54) is 4.90 Å². The molecule has 1 rings (SSSR count). The Kier molecular flexibility index (Phi) is 4.92. The van der Waals surface area contributed by atoms with Crippen molar-refractivity contribution >= 4 is 11.6 Å². The second-order valence-corrected chi connectivity index (χ2v) is 3.53. The number of carbonyl (C=O) groups excluding carboxylic acids is 1. The highest BCUT2D eigenvalue weighted by Crippen LogP contribution is 2.11. The van der Waals surface area contributed by atoms with E-state index < -0.39 is 0 Å². The van der Waals surface area contributed by atoms with Crippen LogP contribution in [0.5, 0.6) is 0 Å². The van der Waals surface area contributed by atoms with Gasteiger partial charge in [0.25, 0.3) is 5.91 Å². The molecule has 0 bridgehead atoms. The molecular formula is C10H18N4O3. The number of aliphatic hydroxyl groups excluding tert-OH is 2. The van der Waals surface area contributed by atoms with Gasteiger partial charge in [0.15, 0.2) is 5.69 Å².